The van der Waals surface area contributed by atoms with Crippen LogP contribution in [0.15, 0.2) is 60.9 Å². The van der Waals surface area contributed by atoms with E-state index in [9.17, 15) is 4.39 Å². The number of likely N-dealkylation sites (tertiary alicyclic amines) is 2. The number of benzene rings is 2. The van der Waals surface area contributed by atoms with Gasteiger partial charge in [0, 0.05) is 37.5 Å². The Morgan fingerprint density at radius 2 is 1.85 bits per heavy atom. The topological polar surface area (TPSA) is 41.5 Å². The highest BCUT2D eigenvalue weighted by Gasteiger charge is 2.28. The third-order valence-electron chi connectivity index (χ3n) is 6.89. The van der Waals surface area contributed by atoms with Crippen molar-refractivity contribution in [2.75, 3.05) is 32.8 Å². The number of halogens is 1. The zero-order chi connectivity index (χ0) is 23.2. The van der Waals surface area contributed by atoms with Gasteiger partial charge in [-0.2, -0.15) is 0 Å². The van der Waals surface area contributed by atoms with E-state index in [2.05, 4.69) is 39.0 Å². The van der Waals surface area contributed by atoms with Crippen molar-refractivity contribution >= 4 is 0 Å². The third-order valence-corrected chi connectivity index (χ3v) is 6.89. The standard InChI is InChI=1S/C28H33FN4O/c29-24-9-5-7-22(17-24)18-25-19-30-20-26(31-25)27-10-6-14-33(27)21-23-8-1-2-11-28(23)34-16-15-32-12-3-4-13-32/h1-2,5,7-9,11,17,19-20,27H,3-4,6,10,12-16,18,21H2/t27-/m1/s1. The average Bonchev–Trinajstić information content (AvgIpc) is 3.53. The zero-order valence-corrected chi connectivity index (χ0v) is 19.7. The monoisotopic (exact) mass is 460 g/mol. The molecule has 2 saturated heterocycles. The number of aromatic nitrogens is 2. The summed E-state index contributed by atoms with van der Waals surface area (Å²) in [4.78, 5) is 14.4. The summed E-state index contributed by atoms with van der Waals surface area (Å²) in [5.41, 5.74) is 4.01. The maximum Gasteiger partial charge on any atom is 0.123 e. The fraction of sp³-hybridized carbons (Fsp3) is 0.429. The van der Waals surface area contributed by atoms with Crippen molar-refractivity contribution in [3.8, 4) is 5.75 Å². The minimum Gasteiger partial charge on any atom is -0.492 e. The molecule has 2 aromatic carbocycles. The van der Waals surface area contributed by atoms with Crippen LogP contribution in [-0.4, -0.2) is 52.6 Å². The number of hydrogen-bond acceptors (Lipinski definition) is 5. The summed E-state index contributed by atoms with van der Waals surface area (Å²) in [6.45, 7) is 5.98. The second-order valence-electron chi connectivity index (χ2n) is 9.38. The Morgan fingerprint density at radius 3 is 2.74 bits per heavy atom. The van der Waals surface area contributed by atoms with E-state index in [1.807, 2.05) is 12.3 Å². The number of ether oxygens (including phenoxy) is 1. The minimum atomic E-state index is -0.218. The Bertz CT molecular complexity index is 1090. The van der Waals surface area contributed by atoms with Gasteiger partial charge in [0.05, 0.1) is 17.4 Å². The molecule has 0 bridgehead atoms. The Morgan fingerprint density at radius 1 is 0.971 bits per heavy atom. The van der Waals surface area contributed by atoms with Gasteiger partial charge in [0.25, 0.3) is 0 Å². The van der Waals surface area contributed by atoms with E-state index >= 15 is 0 Å². The maximum atomic E-state index is 13.6. The average molecular weight is 461 g/mol. The van der Waals surface area contributed by atoms with Gasteiger partial charge < -0.3 is 4.74 Å². The van der Waals surface area contributed by atoms with Crippen molar-refractivity contribution in [2.24, 2.45) is 0 Å². The first-order valence-electron chi connectivity index (χ1n) is 12.5. The molecule has 34 heavy (non-hydrogen) atoms. The molecular weight excluding hydrogens is 427 g/mol. The molecule has 0 unspecified atom stereocenters. The van der Waals surface area contributed by atoms with Crippen molar-refractivity contribution in [1.29, 1.82) is 0 Å². The van der Waals surface area contributed by atoms with E-state index < -0.39 is 0 Å². The van der Waals surface area contributed by atoms with Gasteiger partial charge in [-0.05, 0) is 69.1 Å². The summed E-state index contributed by atoms with van der Waals surface area (Å²) >= 11 is 0. The lowest BCUT2D eigenvalue weighted by Crippen LogP contribution is -2.26. The molecule has 3 heterocycles. The van der Waals surface area contributed by atoms with E-state index in [4.69, 9.17) is 9.72 Å². The van der Waals surface area contributed by atoms with Crippen molar-refractivity contribution in [3.05, 3.63) is 89.3 Å². The summed E-state index contributed by atoms with van der Waals surface area (Å²) in [6, 6.07) is 15.3. The first kappa shape index (κ1) is 22.9. The van der Waals surface area contributed by atoms with Crippen LogP contribution in [0.3, 0.4) is 0 Å². The van der Waals surface area contributed by atoms with Crippen LogP contribution in [0.4, 0.5) is 4.39 Å². The molecule has 0 radical (unpaired) electrons. The highest BCUT2D eigenvalue weighted by molar-refractivity contribution is 5.33. The number of nitrogens with zero attached hydrogens (tertiary/aromatic N) is 4. The second kappa shape index (κ2) is 11.1. The van der Waals surface area contributed by atoms with Crippen LogP contribution < -0.4 is 4.74 Å². The van der Waals surface area contributed by atoms with E-state index in [1.165, 1.54) is 37.6 Å². The van der Waals surface area contributed by atoms with Crippen LogP contribution in [0.5, 0.6) is 5.75 Å². The second-order valence-corrected chi connectivity index (χ2v) is 9.38. The summed E-state index contributed by atoms with van der Waals surface area (Å²) < 4.78 is 19.8. The molecule has 1 atom stereocenters. The molecule has 6 heteroatoms. The number of rotatable bonds is 9. The summed E-state index contributed by atoms with van der Waals surface area (Å²) in [6.07, 6.45) is 9.07. The lowest BCUT2D eigenvalue weighted by atomic mass is 10.1. The van der Waals surface area contributed by atoms with Gasteiger partial charge in [0.15, 0.2) is 0 Å². The van der Waals surface area contributed by atoms with Crippen LogP contribution in [-0.2, 0) is 13.0 Å². The molecule has 0 N–H and O–H groups in total. The molecule has 1 aromatic heterocycles. The Kier molecular flexibility index (Phi) is 7.46. The van der Waals surface area contributed by atoms with E-state index in [0.29, 0.717) is 6.42 Å². The molecule has 178 valence electrons. The molecule has 5 nitrogen and oxygen atoms in total. The Balaban J connectivity index is 1.25. The van der Waals surface area contributed by atoms with E-state index in [0.717, 1.165) is 61.8 Å². The van der Waals surface area contributed by atoms with Crippen molar-refractivity contribution in [3.63, 3.8) is 0 Å². The van der Waals surface area contributed by atoms with E-state index in [-0.39, 0.29) is 11.9 Å². The van der Waals surface area contributed by atoms with Gasteiger partial charge in [0.1, 0.15) is 18.2 Å². The van der Waals surface area contributed by atoms with Gasteiger partial charge in [-0.3, -0.25) is 19.8 Å². The van der Waals surface area contributed by atoms with Gasteiger partial charge in [-0.1, -0.05) is 30.3 Å². The number of para-hydroxylation sites is 1. The number of hydrogen-bond donors (Lipinski definition) is 0. The predicted molar refractivity (Wildman–Crippen MR) is 131 cm³/mol. The smallest absolute Gasteiger partial charge is 0.123 e. The van der Waals surface area contributed by atoms with Crippen LogP contribution in [0.25, 0.3) is 0 Å². The molecule has 2 aliphatic heterocycles. The molecule has 0 saturated carbocycles. The van der Waals surface area contributed by atoms with Gasteiger partial charge in [0.2, 0.25) is 0 Å². The summed E-state index contributed by atoms with van der Waals surface area (Å²) in [5, 5.41) is 0. The highest BCUT2D eigenvalue weighted by atomic mass is 19.1. The third kappa shape index (κ3) is 5.80. The summed E-state index contributed by atoms with van der Waals surface area (Å²) in [5.74, 6) is 0.767. The molecule has 2 aliphatic rings. The maximum absolute atomic E-state index is 13.6. The van der Waals surface area contributed by atoms with Gasteiger partial charge in [-0.15, -0.1) is 0 Å². The Labute approximate surface area is 201 Å². The highest BCUT2D eigenvalue weighted by Crippen LogP contribution is 2.33. The molecule has 2 fully saturated rings. The fourth-order valence-electron chi connectivity index (χ4n) is 5.16. The van der Waals surface area contributed by atoms with Crippen LogP contribution >= 0.6 is 0 Å². The van der Waals surface area contributed by atoms with Crippen LogP contribution in [0, 0.1) is 5.82 Å². The van der Waals surface area contributed by atoms with Crippen LogP contribution in [0.2, 0.25) is 0 Å². The molecule has 0 amide bonds. The van der Waals surface area contributed by atoms with Gasteiger partial charge in [-0.25, -0.2) is 4.39 Å². The molecule has 0 aliphatic carbocycles. The Hall–Kier alpha value is -2.83. The molecule has 5 rings (SSSR count). The lowest BCUT2D eigenvalue weighted by Gasteiger charge is -2.25. The largest absolute Gasteiger partial charge is 0.492 e. The predicted octanol–water partition coefficient (Wildman–Crippen LogP) is 5.02. The molecular formula is C28H33FN4O. The van der Waals surface area contributed by atoms with E-state index in [1.54, 1.807) is 18.3 Å². The fourth-order valence-corrected chi connectivity index (χ4v) is 5.16. The van der Waals surface area contributed by atoms with Crippen molar-refractivity contribution in [2.45, 2.75) is 44.7 Å². The SMILES string of the molecule is Fc1cccc(Cc2cncc([C@H]3CCCN3Cc3ccccc3OCCN3CCCC3)n2)c1. The molecule has 0 spiro atoms. The first-order valence-corrected chi connectivity index (χ1v) is 12.5. The van der Waals surface area contributed by atoms with Crippen LogP contribution in [0.1, 0.15) is 54.2 Å². The first-order chi connectivity index (χ1) is 16.7. The summed E-state index contributed by atoms with van der Waals surface area (Å²) in [7, 11) is 0. The normalized spacial score (nSPS) is 19.0. The van der Waals surface area contributed by atoms with Crippen molar-refractivity contribution < 1.29 is 9.13 Å². The minimum absolute atomic E-state index is 0.218. The lowest BCUT2D eigenvalue weighted by molar-refractivity contribution is 0.221. The van der Waals surface area contributed by atoms with Gasteiger partial charge >= 0.3 is 0 Å². The zero-order valence-electron chi connectivity index (χ0n) is 19.7. The molecule has 3 aromatic rings. The van der Waals surface area contributed by atoms with Crippen molar-refractivity contribution in [1.82, 2.24) is 19.8 Å². The quantitative estimate of drug-likeness (QED) is 0.449.